The Morgan fingerprint density at radius 3 is 2.04 bits per heavy atom. The van der Waals surface area contributed by atoms with Crippen molar-refractivity contribution in [2.75, 3.05) is 6.61 Å². The molecule has 0 aromatic rings. The maximum absolute atomic E-state index is 11.9. The first kappa shape index (κ1) is 23.9. The van der Waals surface area contributed by atoms with E-state index in [1.165, 1.54) is 25.7 Å². The van der Waals surface area contributed by atoms with Gasteiger partial charge in [0.05, 0.1) is 6.61 Å². The lowest BCUT2D eigenvalue weighted by Gasteiger charge is -2.19. The molecule has 0 heterocycles. The Morgan fingerprint density at radius 2 is 1.44 bits per heavy atom. The maximum Gasteiger partial charge on any atom is 0.306 e. The zero-order valence-corrected chi connectivity index (χ0v) is 17.0. The van der Waals surface area contributed by atoms with Crippen LogP contribution >= 0.6 is 0 Å². The molecule has 0 fully saturated rings. The molecule has 0 bridgehead atoms. The molecule has 0 spiro atoms. The molecular weight excluding hydrogens is 316 g/mol. The van der Waals surface area contributed by atoms with E-state index in [1.54, 1.807) is 0 Å². The summed E-state index contributed by atoms with van der Waals surface area (Å²) in [4.78, 5) is 23.5. The molecule has 0 rings (SSSR count). The number of hydrogen-bond acceptors (Lipinski definition) is 4. The third-order valence-corrected chi connectivity index (χ3v) is 4.83. The normalized spacial score (nSPS) is 12.2. The van der Waals surface area contributed by atoms with Crippen LogP contribution in [0.3, 0.4) is 0 Å². The smallest absolute Gasteiger partial charge is 0.306 e. The van der Waals surface area contributed by atoms with Crippen molar-refractivity contribution in [1.29, 1.82) is 0 Å². The molecule has 0 saturated carbocycles. The molecule has 0 aliphatic heterocycles. The second kappa shape index (κ2) is 16.4. The Labute approximate surface area is 155 Å². The predicted octanol–water partition coefficient (Wildman–Crippen LogP) is 5.82. The van der Waals surface area contributed by atoms with Crippen molar-refractivity contribution in [2.45, 2.75) is 111 Å². The van der Waals surface area contributed by atoms with Crippen molar-refractivity contribution in [1.82, 2.24) is 0 Å². The molecule has 148 valence electrons. The van der Waals surface area contributed by atoms with Gasteiger partial charge in [0, 0.05) is 12.8 Å². The Balaban J connectivity index is 3.80. The van der Waals surface area contributed by atoms with Gasteiger partial charge in [-0.3, -0.25) is 9.59 Å². The number of ether oxygens (including phenoxy) is 2. The number of hydrogen-bond donors (Lipinski definition) is 0. The van der Waals surface area contributed by atoms with Crippen LogP contribution in [0.5, 0.6) is 0 Å². The van der Waals surface area contributed by atoms with Crippen LogP contribution in [-0.2, 0) is 19.1 Å². The summed E-state index contributed by atoms with van der Waals surface area (Å²) >= 11 is 0. The SMILES string of the molecule is CCCCCCOC(=O)CCCC(=O)OC(CC)CCC(CC)CC. The van der Waals surface area contributed by atoms with Crippen LogP contribution in [0.4, 0.5) is 0 Å². The number of unbranched alkanes of at least 4 members (excludes halogenated alkanes) is 3. The van der Waals surface area contributed by atoms with Gasteiger partial charge < -0.3 is 9.47 Å². The van der Waals surface area contributed by atoms with Gasteiger partial charge in [0.2, 0.25) is 0 Å². The van der Waals surface area contributed by atoms with Crippen molar-refractivity contribution in [2.24, 2.45) is 5.92 Å². The van der Waals surface area contributed by atoms with Crippen LogP contribution in [0.25, 0.3) is 0 Å². The van der Waals surface area contributed by atoms with Crippen molar-refractivity contribution in [3.05, 3.63) is 0 Å². The minimum absolute atomic E-state index is 0.0126. The summed E-state index contributed by atoms with van der Waals surface area (Å²) in [5.41, 5.74) is 0. The minimum atomic E-state index is -0.204. The number of esters is 2. The van der Waals surface area contributed by atoms with E-state index >= 15 is 0 Å². The number of carbonyl (C=O) groups excluding carboxylic acids is 2. The Morgan fingerprint density at radius 1 is 0.760 bits per heavy atom. The van der Waals surface area contributed by atoms with E-state index < -0.39 is 0 Å². The first-order valence-electron chi connectivity index (χ1n) is 10.4. The zero-order valence-electron chi connectivity index (χ0n) is 17.0. The van der Waals surface area contributed by atoms with Crippen LogP contribution < -0.4 is 0 Å². The van der Waals surface area contributed by atoms with Gasteiger partial charge in [0.1, 0.15) is 6.10 Å². The van der Waals surface area contributed by atoms with Crippen molar-refractivity contribution in [3.63, 3.8) is 0 Å². The Kier molecular flexibility index (Phi) is 15.7. The topological polar surface area (TPSA) is 52.6 Å². The fourth-order valence-corrected chi connectivity index (χ4v) is 2.87. The average molecular weight is 357 g/mol. The molecule has 1 atom stereocenters. The van der Waals surface area contributed by atoms with Gasteiger partial charge in [-0.2, -0.15) is 0 Å². The largest absolute Gasteiger partial charge is 0.466 e. The van der Waals surface area contributed by atoms with Gasteiger partial charge in [0.25, 0.3) is 0 Å². The molecule has 0 saturated heterocycles. The third kappa shape index (κ3) is 13.9. The summed E-state index contributed by atoms with van der Waals surface area (Å²) in [7, 11) is 0. The standard InChI is InChI=1S/C21H40O4/c1-5-9-10-11-17-24-20(22)13-12-14-21(23)25-19(8-4)16-15-18(6-2)7-3/h18-19H,5-17H2,1-4H3. The molecule has 0 radical (unpaired) electrons. The lowest BCUT2D eigenvalue weighted by molar-refractivity contribution is -0.150. The van der Waals surface area contributed by atoms with Gasteiger partial charge in [-0.25, -0.2) is 0 Å². The predicted molar refractivity (Wildman–Crippen MR) is 102 cm³/mol. The molecule has 25 heavy (non-hydrogen) atoms. The third-order valence-electron chi connectivity index (χ3n) is 4.83. The van der Waals surface area contributed by atoms with Crippen LogP contribution in [0.15, 0.2) is 0 Å². The molecule has 1 unspecified atom stereocenters. The molecule has 0 aromatic heterocycles. The minimum Gasteiger partial charge on any atom is -0.466 e. The van der Waals surface area contributed by atoms with Crippen LogP contribution in [-0.4, -0.2) is 24.6 Å². The highest BCUT2D eigenvalue weighted by atomic mass is 16.5. The van der Waals surface area contributed by atoms with E-state index in [4.69, 9.17) is 9.47 Å². The molecule has 0 aliphatic carbocycles. The summed E-state index contributed by atoms with van der Waals surface area (Å²) < 4.78 is 10.7. The molecule has 0 aromatic carbocycles. The lowest BCUT2D eigenvalue weighted by atomic mass is 9.95. The Bertz CT molecular complexity index is 337. The van der Waals surface area contributed by atoms with Crippen LogP contribution in [0, 0.1) is 5.92 Å². The van der Waals surface area contributed by atoms with E-state index in [0.29, 0.717) is 25.9 Å². The molecule has 4 heteroatoms. The lowest BCUT2D eigenvalue weighted by Crippen LogP contribution is -2.19. The van der Waals surface area contributed by atoms with E-state index in [-0.39, 0.29) is 18.0 Å². The van der Waals surface area contributed by atoms with Crippen LogP contribution in [0.1, 0.15) is 105 Å². The number of rotatable bonds is 16. The summed E-state index contributed by atoms with van der Waals surface area (Å²) in [6.45, 7) is 9.13. The zero-order chi connectivity index (χ0) is 18.9. The summed E-state index contributed by atoms with van der Waals surface area (Å²) in [6.07, 6.45) is 10.8. The maximum atomic E-state index is 11.9. The van der Waals surface area contributed by atoms with Gasteiger partial charge >= 0.3 is 11.9 Å². The average Bonchev–Trinajstić information content (AvgIpc) is 2.61. The molecule has 4 nitrogen and oxygen atoms in total. The molecular formula is C21H40O4. The van der Waals surface area contributed by atoms with E-state index in [2.05, 4.69) is 27.7 Å². The monoisotopic (exact) mass is 356 g/mol. The van der Waals surface area contributed by atoms with Crippen molar-refractivity contribution in [3.8, 4) is 0 Å². The summed E-state index contributed by atoms with van der Waals surface area (Å²) in [5.74, 6) is 0.331. The second-order valence-electron chi connectivity index (χ2n) is 6.91. The van der Waals surface area contributed by atoms with Crippen LogP contribution in [0.2, 0.25) is 0 Å². The van der Waals surface area contributed by atoms with Gasteiger partial charge in [-0.05, 0) is 38.0 Å². The van der Waals surface area contributed by atoms with E-state index in [0.717, 1.165) is 38.0 Å². The first-order valence-corrected chi connectivity index (χ1v) is 10.4. The summed E-state index contributed by atoms with van der Waals surface area (Å²) in [5, 5.41) is 0. The van der Waals surface area contributed by atoms with Crippen molar-refractivity contribution < 1.29 is 19.1 Å². The second-order valence-corrected chi connectivity index (χ2v) is 6.91. The highest BCUT2D eigenvalue weighted by Crippen LogP contribution is 2.19. The number of carbonyl (C=O) groups is 2. The van der Waals surface area contributed by atoms with Gasteiger partial charge in [-0.15, -0.1) is 0 Å². The Hall–Kier alpha value is -1.06. The quantitative estimate of drug-likeness (QED) is 0.258. The summed E-state index contributed by atoms with van der Waals surface area (Å²) in [6, 6.07) is 0. The first-order chi connectivity index (χ1) is 12.1. The molecule has 0 aliphatic rings. The van der Waals surface area contributed by atoms with Gasteiger partial charge in [-0.1, -0.05) is 59.8 Å². The molecule has 0 amide bonds. The highest BCUT2D eigenvalue weighted by molar-refractivity contribution is 5.72. The van der Waals surface area contributed by atoms with Crippen molar-refractivity contribution >= 4 is 11.9 Å². The fraction of sp³-hybridized carbons (Fsp3) is 0.905. The van der Waals surface area contributed by atoms with Gasteiger partial charge in [0.15, 0.2) is 0 Å². The molecule has 0 N–H and O–H groups in total. The highest BCUT2D eigenvalue weighted by Gasteiger charge is 2.15. The van der Waals surface area contributed by atoms with E-state index in [9.17, 15) is 9.59 Å². The van der Waals surface area contributed by atoms with E-state index in [1.807, 2.05) is 0 Å². The fourth-order valence-electron chi connectivity index (χ4n) is 2.87.